The Hall–Kier alpha value is -3.26. The fourth-order valence-electron chi connectivity index (χ4n) is 2.63. The molecule has 0 radical (unpaired) electrons. The molecule has 2 aromatic carbocycles. The molecule has 2 aromatic rings. The van der Waals surface area contributed by atoms with Gasteiger partial charge in [-0.25, -0.2) is 0 Å². The van der Waals surface area contributed by atoms with Crippen molar-refractivity contribution in [3.05, 3.63) is 59.7 Å². The third-order valence-electron chi connectivity index (χ3n) is 4.06. The Morgan fingerprint density at radius 1 is 1.15 bits per heavy atom. The second kappa shape index (κ2) is 9.28. The van der Waals surface area contributed by atoms with Crippen LogP contribution in [0.1, 0.15) is 19.4 Å². The van der Waals surface area contributed by atoms with Gasteiger partial charge in [0.05, 0.1) is 7.11 Å². The molecule has 0 aliphatic rings. The average molecular weight is 349 g/mol. The summed E-state index contributed by atoms with van der Waals surface area (Å²) in [7, 11) is 1.55. The monoisotopic (exact) mass is 349 g/mol. The lowest BCUT2D eigenvalue weighted by molar-refractivity contribution is -0.112. The molecule has 2 rings (SSSR count). The zero-order valence-electron chi connectivity index (χ0n) is 15.3. The molecule has 0 saturated heterocycles. The molecule has 134 valence electrons. The minimum Gasteiger partial charge on any atom is -0.496 e. The van der Waals surface area contributed by atoms with Gasteiger partial charge in [-0.15, -0.1) is 0 Å². The first-order chi connectivity index (χ1) is 12.6. The standard InChI is InChI=1S/C21H23N3O2/c1-4-24(5-2)19-12-10-18(11-13-19)23-21(25)17(15-22)14-16-8-6-7-9-20(16)26-3/h6-14H,4-5H2,1-3H3,(H,23,25)/b17-14+. The van der Waals surface area contributed by atoms with Crippen molar-refractivity contribution in [3.63, 3.8) is 0 Å². The van der Waals surface area contributed by atoms with E-state index >= 15 is 0 Å². The Morgan fingerprint density at radius 2 is 1.81 bits per heavy atom. The highest BCUT2D eigenvalue weighted by molar-refractivity contribution is 6.09. The molecule has 0 spiro atoms. The van der Waals surface area contributed by atoms with Gasteiger partial charge in [-0.1, -0.05) is 18.2 Å². The molecule has 0 heterocycles. The van der Waals surface area contributed by atoms with Gasteiger partial charge in [0.15, 0.2) is 0 Å². The number of anilines is 2. The fraction of sp³-hybridized carbons (Fsp3) is 0.238. The topological polar surface area (TPSA) is 65.4 Å². The van der Waals surface area contributed by atoms with Gasteiger partial charge in [-0.05, 0) is 50.3 Å². The van der Waals surface area contributed by atoms with Crippen molar-refractivity contribution in [1.29, 1.82) is 5.26 Å². The second-order valence-corrected chi connectivity index (χ2v) is 5.59. The molecule has 0 aliphatic heterocycles. The summed E-state index contributed by atoms with van der Waals surface area (Å²) in [6.45, 7) is 6.03. The summed E-state index contributed by atoms with van der Waals surface area (Å²) in [4.78, 5) is 14.6. The number of rotatable bonds is 7. The molecular weight excluding hydrogens is 326 g/mol. The van der Waals surface area contributed by atoms with Gasteiger partial charge in [-0.3, -0.25) is 4.79 Å². The normalized spacial score (nSPS) is 10.8. The predicted octanol–water partition coefficient (Wildman–Crippen LogP) is 4.09. The summed E-state index contributed by atoms with van der Waals surface area (Å²) in [5.41, 5.74) is 2.44. The Bertz CT molecular complexity index is 816. The number of hydrogen-bond donors (Lipinski definition) is 1. The van der Waals surface area contributed by atoms with E-state index in [2.05, 4.69) is 24.1 Å². The molecule has 0 aromatic heterocycles. The predicted molar refractivity (Wildman–Crippen MR) is 105 cm³/mol. The van der Waals surface area contributed by atoms with Crippen LogP contribution in [0.2, 0.25) is 0 Å². The van der Waals surface area contributed by atoms with E-state index in [-0.39, 0.29) is 5.57 Å². The van der Waals surface area contributed by atoms with E-state index in [0.717, 1.165) is 18.8 Å². The van der Waals surface area contributed by atoms with Crippen molar-refractivity contribution in [2.24, 2.45) is 0 Å². The first-order valence-corrected chi connectivity index (χ1v) is 8.54. The maximum atomic E-state index is 12.4. The zero-order chi connectivity index (χ0) is 18.9. The molecule has 0 bridgehead atoms. The number of amides is 1. The molecule has 0 atom stereocenters. The lowest BCUT2D eigenvalue weighted by Gasteiger charge is -2.21. The second-order valence-electron chi connectivity index (χ2n) is 5.59. The minimum absolute atomic E-state index is 0.0160. The van der Waals surface area contributed by atoms with E-state index in [9.17, 15) is 10.1 Å². The largest absolute Gasteiger partial charge is 0.496 e. The first kappa shape index (κ1) is 19.1. The Labute approximate surface area is 154 Å². The maximum absolute atomic E-state index is 12.4. The molecule has 1 amide bonds. The Kier molecular flexibility index (Phi) is 6.81. The van der Waals surface area contributed by atoms with Crippen molar-refractivity contribution < 1.29 is 9.53 Å². The number of nitrogens with zero attached hydrogens (tertiary/aromatic N) is 2. The number of para-hydroxylation sites is 1. The number of nitriles is 1. The smallest absolute Gasteiger partial charge is 0.266 e. The molecule has 1 N–H and O–H groups in total. The first-order valence-electron chi connectivity index (χ1n) is 8.54. The molecule has 26 heavy (non-hydrogen) atoms. The molecule has 0 fully saturated rings. The molecule has 5 nitrogen and oxygen atoms in total. The number of carbonyl (C=O) groups excluding carboxylic acids is 1. The van der Waals surface area contributed by atoms with Gasteiger partial charge < -0.3 is 15.0 Å². The minimum atomic E-state index is -0.450. The van der Waals surface area contributed by atoms with E-state index < -0.39 is 5.91 Å². The maximum Gasteiger partial charge on any atom is 0.266 e. The van der Waals surface area contributed by atoms with Crippen molar-refractivity contribution in [3.8, 4) is 11.8 Å². The van der Waals surface area contributed by atoms with Gasteiger partial charge in [0, 0.05) is 30.0 Å². The van der Waals surface area contributed by atoms with Crippen LogP contribution in [0.5, 0.6) is 5.75 Å². The molecule has 0 saturated carbocycles. The van der Waals surface area contributed by atoms with Crippen LogP contribution in [0.4, 0.5) is 11.4 Å². The van der Waals surface area contributed by atoms with Crippen LogP contribution in [0.3, 0.4) is 0 Å². The summed E-state index contributed by atoms with van der Waals surface area (Å²) in [5.74, 6) is 0.158. The van der Waals surface area contributed by atoms with Crippen LogP contribution in [0, 0.1) is 11.3 Å². The van der Waals surface area contributed by atoms with Gasteiger partial charge >= 0.3 is 0 Å². The molecule has 0 aliphatic carbocycles. The fourth-order valence-corrected chi connectivity index (χ4v) is 2.63. The number of ether oxygens (including phenoxy) is 1. The molecular formula is C21H23N3O2. The van der Waals surface area contributed by atoms with Gasteiger partial charge in [-0.2, -0.15) is 5.26 Å². The van der Waals surface area contributed by atoms with Crippen LogP contribution in [0.15, 0.2) is 54.1 Å². The van der Waals surface area contributed by atoms with E-state index in [1.807, 2.05) is 42.5 Å². The van der Waals surface area contributed by atoms with Crippen LogP contribution >= 0.6 is 0 Å². The number of carbonyl (C=O) groups is 1. The van der Waals surface area contributed by atoms with Crippen molar-refractivity contribution in [1.82, 2.24) is 0 Å². The lowest BCUT2D eigenvalue weighted by atomic mass is 10.1. The summed E-state index contributed by atoms with van der Waals surface area (Å²) < 4.78 is 5.26. The van der Waals surface area contributed by atoms with E-state index in [1.54, 1.807) is 19.2 Å². The zero-order valence-corrected chi connectivity index (χ0v) is 15.3. The van der Waals surface area contributed by atoms with Gasteiger partial charge in [0.25, 0.3) is 5.91 Å². The molecule has 0 unspecified atom stereocenters. The van der Waals surface area contributed by atoms with Crippen molar-refractivity contribution in [2.75, 3.05) is 30.4 Å². The van der Waals surface area contributed by atoms with E-state index in [1.165, 1.54) is 6.08 Å². The highest BCUT2D eigenvalue weighted by atomic mass is 16.5. The summed E-state index contributed by atoms with van der Waals surface area (Å²) >= 11 is 0. The van der Waals surface area contributed by atoms with Gasteiger partial charge in [0.1, 0.15) is 17.4 Å². The lowest BCUT2D eigenvalue weighted by Crippen LogP contribution is -2.21. The third kappa shape index (κ3) is 4.64. The van der Waals surface area contributed by atoms with Crippen LogP contribution in [-0.4, -0.2) is 26.1 Å². The average Bonchev–Trinajstić information content (AvgIpc) is 2.68. The quantitative estimate of drug-likeness (QED) is 0.604. The summed E-state index contributed by atoms with van der Waals surface area (Å²) in [6.07, 6.45) is 1.53. The number of methoxy groups -OCH3 is 1. The van der Waals surface area contributed by atoms with Crippen LogP contribution in [0.25, 0.3) is 6.08 Å². The highest BCUT2D eigenvalue weighted by Crippen LogP contribution is 2.22. The number of nitrogens with one attached hydrogen (secondary N) is 1. The number of hydrogen-bond acceptors (Lipinski definition) is 4. The van der Waals surface area contributed by atoms with Crippen molar-refractivity contribution >= 4 is 23.4 Å². The Balaban J connectivity index is 2.17. The Morgan fingerprint density at radius 3 is 2.38 bits per heavy atom. The van der Waals surface area contributed by atoms with Gasteiger partial charge in [0.2, 0.25) is 0 Å². The molecule has 5 heteroatoms. The van der Waals surface area contributed by atoms with E-state index in [4.69, 9.17) is 4.74 Å². The van der Waals surface area contributed by atoms with E-state index in [0.29, 0.717) is 17.0 Å². The highest BCUT2D eigenvalue weighted by Gasteiger charge is 2.11. The van der Waals surface area contributed by atoms with Crippen LogP contribution < -0.4 is 15.0 Å². The summed E-state index contributed by atoms with van der Waals surface area (Å²) in [5, 5.41) is 12.1. The SMILES string of the molecule is CCN(CC)c1ccc(NC(=O)/C(C#N)=C/c2ccccc2OC)cc1. The van der Waals surface area contributed by atoms with Crippen LogP contribution in [-0.2, 0) is 4.79 Å². The van der Waals surface area contributed by atoms with Crippen molar-refractivity contribution in [2.45, 2.75) is 13.8 Å². The number of benzene rings is 2. The third-order valence-corrected chi connectivity index (χ3v) is 4.06. The summed E-state index contributed by atoms with van der Waals surface area (Å²) in [6, 6.07) is 16.8.